The van der Waals surface area contributed by atoms with Crippen molar-refractivity contribution in [1.29, 1.82) is 0 Å². The highest BCUT2D eigenvalue weighted by Gasteiger charge is 2.45. The van der Waals surface area contributed by atoms with Crippen LogP contribution in [-0.4, -0.2) is 10.7 Å². The second kappa shape index (κ2) is 2.48. The minimum Gasteiger partial charge on any atom is -0.390 e. The molecule has 0 aliphatic heterocycles. The molecule has 2 atom stereocenters. The monoisotopic (exact) mass is 156 g/mol. The Bertz CT molecular complexity index is 147. The van der Waals surface area contributed by atoms with Crippen molar-refractivity contribution < 1.29 is 5.11 Å². The Kier molecular flexibility index (Phi) is 2.04. The highest BCUT2D eigenvalue weighted by atomic mass is 16.3. The molecule has 0 radical (unpaired) electrons. The normalized spacial score (nSPS) is 43.9. The predicted molar refractivity (Wildman–Crippen MR) is 47.4 cm³/mol. The molecule has 2 unspecified atom stereocenters. The molecule has 1 nitrogen and oxygen atoms in total. The smallest absolute Gasteiger partial charge is 0.0673 e. The van der Waals surface area contributed by atoms with Crippen LogP contribution in [0, 0.1) is 11.3 Å². The van der Waals surface area contributed by atoms with E-state index in [1.807, 2.05) is 6.92 Å². The van der Waals surface area contributed by atoms with E-state index < -0.39 is 5.60 Å². The average molecular weight is 156 g/mol. The minimum atomic E-state index is -0.454. The van der Waals surface area contributed by atoms with Crippen molar-refractivity contribution in [3.63, 3.8) is 0 Å². The van der Waals surface area contributed by atoms with Crippen molar-refractivity contribution in [3.8, 4) is 0 Å². The molecule has 1 rings (SSSR count). The Labute approximate surface area is 69.8 Å². The Hall–Kier alpha value is -0.0400. The van der Waals surface area contributed by atoms with Crippen molar-refractivity contribution in [3.05, 3.63) is 0 Å². The predicted octanol–water partition coefficient (Wildman–Crippen LogP) is 2.58. The van der Waals surface area contributed by atoms with Crippen LogP contribution < -0.4 is 0 Å². The maximum atomic E-state index is 10.1. The van der Waals surface area contributed by atoms with Crippen LogP contribution in [0.4, 0.5) is 0 Å². The first-order chi connectivity index (χ1) is 4.88. The molecule has 0 bridgehead atoms. The first-order valence-electron chi connectivity index (χ1n) is 4.60. The third kappa shape index (κ3) is 1.31. The zero-order valence-electron chi connectivity index (χ0n) is 8.15. The average Bonchev–Trinajstić information content (AvgIpc) is 1.84. The van der Waals surface area contributed by atoms with Crippen LogP contribution in [0.25, 0.3) is 0 Å². The second-order valence-corrected chi connectivity index (χ2v) is 4.79. The molecule has 0 aromatic heterocycles. The van der Waals surface area contributed by atoms with Gasteiger partial charge in [0, 0.05) is 0 Å². The van der Waals surface area contributed by atoms with E-state index in [0.29, 0.717) is 5.92 Å². The fourth-order valence-corrected chi connectivity index (χ4v) is 1.97. The SMILES string of the molecule is CC1CCCC(C)(O)C1(C)C. The van der Waals surface area contributed by atoms with Gasteiger partial charge in [-0.2, -0.15) is 0 Å². The summed E-state index contributed by atoms with van der Waals surface area (Å²) in [6.07, 6.45) is 3.41. The van der Waals surface area contributed by atoms with Gasteiger partial charge in [-0.05, 0) is 31.1 Å². The Morgan fingerprint density at radius 3 is 2.18 bits per heavy atom. The Balaban J connectivity index is 2.82. The highest BCUT2D eigenvalue weighted by Crippen LogP contribution is 2.46. The summed E-state index contributed by atoms with van der Waals surface area (Å²) in [4.78, 5) is 0. The first kappa shape index (κ1) is 9.05. The van der Waals surface area contributed by atoms with Gasteiger partial charge in [-0.3, -0.25) is 0 Å². The lowest BCUT2D eigenvalue weighted by atomic mass is 9.61. The third-order valence-electron chi connectivity index (χ3n) is 3.92. The van der Waals surface area contributed by atoms with Crippen molar-refractivity contribution in [2.75, 3.05) is 0 Å². The van der Waals surface area contributed by atoms with Crippen LogP contribution in [0.15, 0.2) is 0 Å². The zero-order chi connectivity index (χ0) is 8.70. The lowest BCUT2D eigenvalue weighted by Crippen LogP contribution is -2.48. The molecule has 0 aromatic rings. The van der Waals surface area contributed by atoms with E-state index in [1.165, 1.54) is 12.8 Å². The second-order valence-electron chi connectivity index (χ2n) is 4.79. The van der Waals surface area contributed by atoms with Gasteiger partial charge < -0.3 is 5.11 Å². The molecule has 1 aliphatic rings. The minimum absolute atomic E-state index is 0.0885. The molecule has 0 heterocycles. The molecular formula is C10H20O. The van der Waals surface area contributed by atoms with Gasteiger partial charge >= 0.3 is 0 Å². The Morgan fingerprint density at radius 1 is 1.27 bits per heavy atom. The van der Waals surface area contributed by atoms with Gasteiger partial charge in [0.25, 0.3) is 0 Å². The van der Waals surface area contributed by atoms with E-state index in [9.17, 15) is 5.11 Å². The number of hydrogen-bond donors (Lipinski definition) is 1. The van der Waals surface area contributed by atoms with E-state index >= 15 is 0 Å². The molecule has 1 fully saturated rings. The number of rotatable bonds is 0. The van der Waals surface area contributed by atoms with E-state index in [4.69, 9.17) is 0 Å². The van der Waals surface area contributed by atoms with Crippen LogP contribution in [0.1, 0.15) is 47.0 Å². The molecular weight excluding hydrogens is 136 g/mol. The summed E-state index contributed by atoms with van der Waals surface area (Å²) in [6, 6.07) is 0. The molecule has 0 amide bonds. The molecule has 1 heteroatoms. The molecule has 11 heavy (non-hydrogen) atoms. The molecule has 0 saturated heterocycles. The molecule has 0 spiro atoms. The van der Waals surface area contributed by atoms with E-state index in [1.54, 1.807) is 0 Å². The molecule has 66 valence electrons. The van der Waals surface area contributed by atoms with Crippen molar-refractivity contribution in [1.82, 2.24) is 0 Å². The van der Waals surface area contributed by atoms with Gasteiger partial charge in [0.2, 0.25) is 0 Å². The highest BCUT2D eigenvalue weighted by molar-refractivity contribution is 4.96. The molecule has 1 aliphatic carbocycles. The number of hydrogen-bond acceptors (Lipinski definition) is 1. The topological polar surface area (TPSA) is 20.2 Å². The fraction of sp³-hybridized carbons (Fsp3) is 1.00. The van der Waals surface area contributed by atoms with Gasteiger partial charge in [-0.15, -0.1) is 0 Å². The zero-order valence-corrected chi connectivity index (χ0v) is 8.15. The van der Waals surface area contributed by atoms with Gasteiger partial charge in [0.15, 0.2) is 0 Å². The summed E-state index contributed by atoms with van der Waals surface area (Å²) >= 11 is 0. The van der Waals surface area contributed by atoms with Crippen LogP contribution in [0.2, 0.25) is 0 Å². The van der Waals surface area contributed by atoms with Crippen LogP contribution in [0.3, 0.4) is 0 Å². The summed E-state index contributed by atoms with van der Waals surface area (Å²) < 4.78 is 0. The van der Waals surface area contributed by atoms with E-state index in [0.717, 1.165) is 6.42 Å². The summed E-state index contributed by atoms with van der Waals surface area (Å²) in [5.74, 6) is 0.645. The maximum absolute atomic E-state index is 10.1. The van der Waals surface area contributed by atoms with Gasteiger partial charge in [-0.25, -0.2) is 0 Å². The van der Waals surface area contributed by atoms with Crippen molar-refractivity contribution >= 4 is 0 Å². The quantitative estimate of drug-likeness (QED) is 0.571. The largest absolute Gasteiger partial charge is 0.390 e. The van der Waals surface area contributed by atoms with Crippen molar-refractivity contribution in [2.45, 2.75) is 52.6 Å². The molecule has 1 saturated carbocycles. The molecule has 0 aromatic carbocycles. The maximum Gasteiger partial charge on any atom is 0.0673 e. The lowest BCUT2D eigenvalue weighted by Gasteiger charge is -2.48. The summed E-state index contributed by atoms with van der Waals surface area (Å²) in [7, 11) is 0. The summed E-state index contributed by atoms with van der Waals surface area (Å²) in [5.41, 5.74) is -0.365. The van der Waals surface area contributed by atoms with Gasteiger partial charge in [-0.1, -0.05) is 27.2 Å². The lowest BCUT2D eigenvalue weighted by molar-refractivity contribution is -0.109. The standard InChI is InChI=1S/C10H20O/c1-8-6-5-7-10(4,11)9(8,2)3/h8,11H,5-7H2,1-4H3. The third-order valence-corrected chi connectivity index (χ3v) is 3.92. The van der Waals surface area contributed by atoms with Crippen LogP contribution in [-0.2, 0) is 0 Å². The first-order valence-corrected chi connectivity index (χ1v) is 4.60. The summed E-state index contributed by atoms with van der Waals surface area (Å²) in [6.45, 7) is 8.57. The van der Waals surface area contributed by atoms with Crippen molar-refractivity contribution in [2.24, 2.45) is 11.3 Å². The van der Waals surface area contributed by atoms with E-state index in [-0.39, 0.29) is 5.41 Å². The Morgan fingerprint density at radius 2 is 1.82 bits per heavy atom. The van der Waals surface area contributed by atoms with Gasteiger partial charge in [0.1, 0.15) is 0 Å². The summed E-state index contributed by atoms with van der Waals surface area (Å²) in [5, 5.41) is 10.1. The fourth-order valence-electron chi connectivity index (χ4n) is 1.97. The van der Waals surface area contributed by atoms with Gasteiger partial charge in [0.05, 0.1) is 5.60 Å². The molecule has 1 N–H and O–H groups in total. The van der Waals surface area contributed by atoms with E-state index in [2.05, 4.69) is 20.8 Å². The number of aliphatic hydroxyl groups is 1. The van der Waals surface area contributed by atoms with Crippen LogP contribution >= 0.6 is 0 Å². The van der Waals surface area contributed by atoms with Crippen LogP contribution in [0.5, 0.6) is 0 Å².